The third-order valence-electron chi connectivity index (χ3n) is 5.23. The van der Waals surface area contributed by atoms with Crippen LogP contribution in [0.15, 0.2) is 48.5 Å². The van der Waals surface area contributed by atoms with E-state index in [-0.39, 0.29) is 36.7 Å². The number of hydrazine groups is 1. The van der Waals surface area contributed by atoms with Gasteiger partial charge in [0.05, 0.1) is 6.54 Å². The standard InChI is InChI=1S/C25H24ClFN4O6/c1-3-23(33)37-22(25(35)36)13-31(30-24(34)21-11-20(14(2)32)28-29-21)12-15-4-6-16(7-5-15)18-10-17(26)8-9-19(18)27/h4-11,22H,3,12-13H2,1-2H3,(H,28,29)(H,30,34)(H,35,36)/t22-/m1/s1. The third-order valence-corrected chi connectivity index (χ3v) is 5.47. The topological polar surface area (TPSA) is 142 Å². The highest BCUT2D eigenvalue weighted by molar-refractivity contribution is 6.30. The number of aromatic amines is 1. The number of carbonyl (C=O) groups is 4. The molecule has 0 saturated carbocycles. The number of ketones is 1. The SMILES string of the molecule is CCC(=O)O[C@H](CN(Cc1ccc(-c2cc(Cl)ccc2F)cc1)NC(=O)c1cc(C(C)=O)n[nH]1)C(=O)O. The van der Waals surface area contributed by atoms with E-state index in [1.165, 1.54) is 43.1 Å². The van der Waals surface area contributed by atoms with Crippen LogP contribution in [-0.2, 0) is 20.9 Å². The first kappa shape index (κ1) is 27.5. The average Bonchev–Trinajstić information content (AvgIpc) is 3.36. The number of esters is 1. The number of benzene rings is 2. The second kappa shape index (κ2) is 12.2. The van der Waals surface area contributed by atoms with E-state index in [0.717, 1.165) is 0 Å². The highest BCUT2D eigenvalue weighted by Crippen LogP contribution is 2.26. The Balaban J connectivity index is 1.83. The smallest absolute Gasteiger partial charge is 0.346 e. The Morgan fingerprint density at radius 2 is 1.86 bits per heavy atom. The van der Waals surface area contributed by atoms with Crippen LogP contribution in [0.25, 0.3) is 11.1 Å². The fraction of sp³-hybridized carbons (Fsp3) is 0.240. The molecule has 0 aliphatic heterocycles. The second-order valence-corrected chi connectivity index (χ2v) is 8.47. The second-order valence-electron chi connectivity index (χ2n) is 8.04. The molecule has 194 valence electrons. The number of Topliss-reactive ketones (excluding diaryl/α,β-unsaturated/α-hetero) is 1. The summed E-state index contributed by atoms with van der Waals surface area (Å²) in [4.78, 5) is 47.7. The van der Waals surface area contributed by atoms with E-state index in [1.807, 2.05) is 0 Å². The van der Waals surface area contributed by atoms with Gasteiger partial charge in [0.1, 0.15) is 17.2 Å². The number of H-pyrrole nitrogens is 1. The largest absolute Gasteiger partial charge is 0.478 e. The van der Waals surface area contributed by atoms with Gasteiger partial charge in [-0.15, -0.1) is 0 Å². The van der Waals surface area contributed by atoms with Gasteiger partial charge >= 0.3 is 11.9 Å². The molecule has 0 aliphatic rings. The fourth-order valence-electron chi connectivity index (χ4n) is 3.31. The molecule has 0 radical (unpaired) electrons. The predicted octanol–water partition coefficient (Wildman–Crippen LogP) is 3.63. The summed E-state index contributed by atoms with van der Waals surface area (Å²) in [5, 5.41) is 17.4. The van der Waals surface area contributed by atoms with Crippen LogP contribution < -0.4 is 5.43 Å². The van der Waals surface area contributed by atoms with Crippen LogP contribution in [-0.4, -0.2) is 56.6 Å². The molecule has 1 atom stereocenters. The van der Waals surface area contributed by atoms with E-state index < -0.39 is 29.8 Å². The first-order valence-electron chi connectivity index (χ1n) is 11.2. The van der Waals surface area contributed by atoms with Crippen LogP contribution in [0.3, 0.4) is 0 Å². The van der Waals surface area contributed by atoms with E-state index in [9.17, 15) is 28.7 Å². The van der Waals surface area contributed by atoms with Gasteiger partial charge in [0.2, 0.25) is 6.10 Å². The molecule has 2 aromatic carbocycles. The molecular weight excluding hydrogens is 507 g/mol. The highest BCUT2D eigenvalue weighted by Gasteiger charge is 2.26. The molecule has 12 heteroatoms. The lowest BCUT2D eigenvalue weighted by Crippen LogP contribution is -2.48. The number of nitrogens with zero attached hydrogens (tertiary/aromatic N) is 2. The fourth-order valence-corrected chi connectivity index (χ4v) is 3.48. The molecule has 1 aromatic heterocycles. The molecule has 10 nitrogen and oxygen atoms in total. The normalized spacial score (nSPS) is 11.7. The molecule has 0 unspecified atom stereocenters. The van der Waals surface area contributed by atoms with Crippen molar-refractivity contribution in [3.8, 4) is 11.1 Å². The molecule has 3 aromatic rings. The van der Waals surface area contributed by atoms with Crippen molar-refractivity contribution in [1.82, 2.24) is 20.6 Å². The highest BCUT2D eigenvalue weighted by atomic mass is 35.5. The summed E-state index contributed by atoms with van der Waals surface area (Å²) >= 11 is 5.98. The zero-order valence-corrected chi connectivity index (χ0v) is 20.7. The Labute approximate surface area is 216 Å². The van der Waals surface area contributed by atoms with Gasteiger partial charge in [-0.1, -0.05) is 42.8 Å². The number of hydrogen-bond donors (Lipinski definition) is 3. The van der Waals surface area contributed by atoms with E-state index in [4.69, 9.17) is 16.3 Å². The minimum Gasteiger partial charge on any atom is -0.478 e. The van der Waals surface area contributed by atoms with Crippen LogP contribution in [0.4, 0.5) is 4.39 Å². The maximum absolute atomic E-state index is 14.2. The van der Waals surface area contributed by atoms with Crippen LogP contribution in [0.1, 0.15) is 46.8 Å². The predicted molar refractivity (Wildman–Crippen MR) is 131 cm³/mol. The molecule has 0 fully saturated rings. The van der Waals surface area contributed by atoms with Crippen LogP contribution in [0, 0.1) is 5.82 Å². The van der Waals surface area contributed by atoms with Gasteiger partial charge in [0.15, 0.2) is 5.78 Å². The molecule has 0 bridgehead atoms. The van der Waals surface area contributed by atoms with Crippen molar-refractivity contribution in [2.45, 2.75) is 32.9 Å². The van der Waals surface area contributed by atoms with Gasteiger partial charge in [0, 0.05) is 30.5 Å². The van der Waals surface area contributed by atoms with Gasteiger partial charge in [-0.05, 0) is 35.4 Å². The van der Waals surface area contributed by atoms with E-state index in [0.29, 0.717) is 21.7 Å². The summed E-state index contributed by atoms with van der Waals surface area (Å²) < 4.78 is 19.2. The summed E-state index contributed by atoms with van der Waals surface area (Å²) in [6.45, 7) is 2.44. The number of amides is 1. The van der Waals surface area contributed by atoms with Crippen molar-refractivity contribution in [2.24, 2.45) is 0 Å². The molecule has 1 heterocycles. The Morgan fingerprint density at radius 3 is 2.46 bits per heavy atom. The summed E-state index contributed by atoms with van der Waals surface area (Å²) in [5.74, 6) is -3.60. The maximum atomic E-state index is 14.2. The summed E-state index contributed by atoms with van der Waals surface area (Å²) in [6, 6.07) is 12.1. The zero-order valence-electron chi connectivity index (χ0n) is 20.0. The molecule has 3 N–H and O–H groups in total. The van der Waals surface area contributed by atoms with Gasteiger partial charge in [-0.25, -0.2) is 14.2 Å². The number of aliphatic carboxylic acids is 1. The van der Waals surface area contributed by atoms with Crippen LogP contribution in [0.2, 0.25) is 5.02 Å². The Bertz CT molecular complexity index is 1310. The third kappa shape index (κ3) is 7.45. The number of hydrogen-bond acceptors (Lipinski definition) is 7. The monoisotopic (exact) mass is 530 g/mol. The summed E-state index contributed by atoms with van der Waals surface area (Å²) in [6.07, 6.45) is -1.60. The molecule has 37 heavy (non-hydrogen) atoms. The number of carboxylic acids is 1. The number of rotatable bonds is 11. The van der Waals surface area contributed by atoms with Gasteiger partial charge in [-0.2, -0.15) is 5.10 Å². The lowest BCUT2D eigenvalue weighted by Gasteiger charge is -2.26. The molecule has 0 saturated heterocycles. The molecule has 0 aliphatic carbocycles. The Morgan fingerprint density at radius 1 is 1.16 bits per heavy atom. The number of carbonyl (C=O) groups excluding carboxylic acids is 3. The zero-order chi connectivity index (χ0) is 27.1. The lowest BCUT2D eigenvalue weighted by atomic mass is 10.0. The number of nitrogens with one attached hydrogen (secondary N) is 2. The number of aromatic nitrogens is 2. The molecular formula is C25H24ClFN4O6. The van der Waals surface area contributed by atoms with Gasteiger partial charge < -0.3 is 9.84 Å². The van der Waals surface area contributed by atoms with Crippen molar-refractivity contribution in [3.63, 3.8) is 0 Å². The molecule has 0 spiro atoms. The minimum absolute atomic E-state index is 0.00516. The van der Waals surface area contributed by atoms with E-state index >= 15 is 0 Å². The van der Waals surface area contributed by atoms with E-state index in [1.54, 1.807) is 24.3 Å². The average molecular weight is 531 g/mol. The first-order chi connectivity index (χ1) is 17.6. The van der Waals surface area contributed by atoms with Crippen molar-refractivity contribution in [2.75, 3.05) is 6.54 Å². The Kier molecular flexibility index (Phi) is 9.10. The Hall–Kier alpha value is -4.09. The summed E-state index contributed by atoms with van der Waals surface area (Å²) in [7, 11) is 0. The quantitative estimate of drug-likeness (QED) is 0.194. The molecule has 1 amide bonds. The van der Waals surface area contributed by atoms with E-state index in [2.05, 4.69) is 15.6 Å². The van der Waals surface area contributed by atoms with Gasteiger partial charge in [-0.3, -0.25) is 24.9 Å². The number of carboxylic acid groups (broad SMARTS) is 1. The van der Waals surface area contributed by atoms with Crippen LogP contribution in [0.5, 0.6) is 0 Å². The van der Waals surface area contributed by atoms with Crippen molar-refractivity contribution >= 4 is 35.2 Å². The number of halogens is 2. The van der Waals surface area contributed by atoms with Gasteiger partial charge in [0.25, 0.3) is 5.91 Å². The minimum atomic E-state index is -1.57. The van der Waals surface area contributed by atoms with Crippen molar-refractivity contribution < 1.29 is 33.4 Å². The molecule has 3 rings (SSSR count). The number of ether oxygens (including phenoxy) is 1. The maximum Gasteiger partial charge on any atom is 0.346 e. The lowest BCUT2D eigenvalue weighted by molar-refractivity contribution is -0.165. The van der Waals surface area contributed by atoms with Crippen molar-refractivity contribution in [1.29, 1.82) is 0 Å². The van der Waals surface area contributed by atoms with Crippen molar-refractivity contribution in [3.05, 3.63) is 76.3 Å². The summed E-state index contributed by atoms with van der Waals surface area (Å²) in [5.41, 5.74) is 4.08. The van der Waals surface area contributed by atoms with Crippen LogP contribution >= 0.6 is 11.6 Å². The first-order valence-corrected chi connectivity index (χ1v) is 11.5.